The van der Waals surface area contributed by atoms with E-state index in [0.717, 1.165) is 11.6 Å². The van der Waals surface area contributed by atoms with E-state index in [4.69, 9.17) is 10.5 Å². The number of primary amides is 1. The molecule has 3 N–H and O–H groups in total. The summed E-state index contributed by atoms with van der Waals surface area (Å²) >= 11 is 0. The Labute approximate surface area is 124 Å². The summed E-state index contributed by atoms with van der Waals surface area (Å²) in [5, 5.41) is 2.30. The van der Waals surface area contributed by atoms with Crippen LogP contribution in [0.2, 0.25) is 0 Å². The predicted octanol–water partition coefficient (Wildman–Crippen LogP) is 3.05. The quantitative estimate of drug-likeness (QED) is 0.777. The van der Waals surface area contributed by atoms with Crippen molar-refractivity contribution in [3.05, 3.63) is 54.6 Å². The Bertz CT molecular complexity index is 854. The normalized spacial score (nSPS) is 10.4. The van der Waals surface area contributed by atoms with Gasteiger partial charge in [-0.3, -0.25) is 9.97 Å². The molecule has 1 heterocycles. The zero-order valence-corrected chi connectivity index (χ0v) is 11.3. The van der Waals surface area contributed by atoms with Gasteiger partial charge >= 0.3 is 6.03 Å². The second-order valence-electron chi connectivity index (χ2n) is 4.47. The number of amides is 2. The molecule has 2 amide bonds. The van der Waals surface area contributed by atoms with Gasteiger partial charge in [-0.15, -0.1) is 0 Å². The van der Waals surface area contributed by atoms with Crippen LogP contribution in [-0.2, 0) is 0 Å². The van der Waals surface area contributed by atoms with E-state index in [-0.39, 0.29) is 11.4 Å². The maximum absolute atomic E-state index is 13.5. The molecule has 0 aliphatic heterocycles. The third kappa shape index (κ3) is 3.09. The van der Waals surface area contributed by atoms with Gasteiger partial charge < -0.3 is 15.8 Å². The summed E-state index contributed by atoms with van der Waals surface area (Å²) < 4.78 is 19.1. The molecule has 22 heavy (non-hydrogen) atoms. The highest BCUT2D eigenvalue weighted by molar-refractivity contribution is 5.88. The number of nitrogens with two attached hydrogens (primary N) is 1. The summed E-state index contributed by atoms with van der Waals surface area (Å²) in [5.74, 6) is 0.150. The molecule has 0 bridgehead atoms. The van der Waals surface area contributed by atoms with E-state index in [0.29, 0.717) is 11.3 Å². The Hall–Kier alpha value is -3.22. The van der Waals surface area contributed by atoms with Crippen molar-refractivity contribution in [2.24, 2.45) is 5.73 Å². The highest BCUT2D eigenvalue weighted by Crippen LogP contribution is 2.27. The molecular formula is C15H11FN4O2. The number of ether oxygens (including phenoxy) is 1. The Morgan fingerprint density at radius 3 is 2.59 bits per heavy atom. The Kier molecular flexibility index (Phi) is 3.53. The smallest absolute Gasteiger partial charge is 0.316 e. The van der Waals surface area contributed by atoms with Crippen molar-refractivity contribution in [2.45, 2.75) is 0 Å². The Balaban J connectivity index is 1.90. The van der Waals surface area contributed by atoms with Crippen LogP contribution in [0.1, 0.15) is 0 Å². The van der Waals surface area contributed by atoms with Crippen molar-refractivity contribution < 1.29 is 13.9 Å². The third-order valence-electron chi connectivity index (χ3n) is 2.82. The molecule has 7 heteroatoms. The molecule has 6 nitrogen and oxygen atoms in total. The fourth-order valence-corrected chi connectivity index (χ4v) is 1.98. The number of benzene rings is 2. The molecule has 0 spiro atoms. The number of fused-ring (bicyclic) bond motifs is 1. The fourth-order valence-electron chi connectivity index (χ4n) is 1.98. The molecule has 0 unspecified atom stereocenters. The molecule has 0 aliphatic carbocycles. The van der Waals surface area contributed by atoms with Gasteiger partial charge in [0.2, 0.25) is 0 Å². The van der Waals surface area contributed by atoms with Crippen LogP contribution in [0.25, 0.3) is 11.0 Å². The van der Waals surface area contributed by atoms with Gasteiger partial charge in [0.05, 0.1) is 11.0 Å². The number of carbonyl (C=O) groups is 1. The van der Waals surface area contributed by atoms with Crippen LogP contribution < -0.4 is 15.8 Å². The highest BCUT2D eigenvalue weighted by Gasteiger charge is 2.06. The fraction of sp³-hybridized carbons (Fsp3) is 0. The minimum absolute atomic E-state index is 0.211. The largest absolute Gasteiger partial charge is 0.457 e. The van der Waals surface area contributed by atoms with Gasteiger partial charge in [0, 0.05) is 36.3 Å². The topological polar surface area (TPSA) is 90.1 Å². The molecule has 0 atom stereocenters. The maximum atomic E-state index is 13.5. The van der Waals surface area contributed by atoms with Crippen LogP contribution in [0.15, 0.2) is 48.8 Å². The second-order valence-corrected chi connectivity index (χ2v) is 4.47. The first-order chi connectivity index (χ1) is 10.6. The number of nitrogens with zero attached hydrogens (tertiary/aromatic N) is 2. The summed E-state index contributed by atoms with van der Waals surface area (Å²) in [7, 11) is 0. The third-order valence-corrected chi connectivity index (χ3v) is 2.82. The number of rotatable bonds is 3. The average molecular weight is 298 g/mol. The molecule has 0 radical (unpaired) electrons. The lowest BCUT2D eigenvalue weighted by Gasteiger charge is -2.09. The lowest BCUT2D eigenvalue weighted by molar-refractivity contribution is 0.259. The molecule has 110 valence electrons. The van der Waals surface area contributed by atoms with Crippen LogP contribution in [0.4, 0.5) is 14.9 Å². The van der Waals surface area contributed by atoms with E-state index in [2.05, 4.69) is 15.3 Å². The molecule has 2 aromatic carbocycles. The standard InChI is InChI=1S/C15H11FN4O2/c16-9-5-10(20-15(17)21)7-12(6-9)22-11-1-2-13-14(8-11)19-4-3-18-13/h1-8H,(H3,17,20,21). The number of hydrogen-bond acceptors (Lipinski definition) is 4. The first-order valence-electron chi connectivity index (χ1n) is 6.36. The SMILES string of the molecule is NC(=O)Nc1cc(F)cc(Oc2ccc3nccnc3c2)c1. The van der Waals surface area contributed by atoms with Crippen molar-refractivity contribution in [1.82, 2.24) is 9.97 Å². The number of nitrogens with one attached hydrogen (secondary N) is 1. The van der Waals surface area contributed by atoms with E-state index in [1.165, 1.54) is 12.1 Å². The van der Waals surface area contributed by atoms with E-state index >= 15 is 0 Å². The van der Waals surface area contributed by atoms with Crippen molar-refractivity contribution in [3.63, 3.8) is 0 Å². The van der Waals surface area contributed by atoms with Crippen LogP contribution in [-0.4, -0.2) is 16.0 Å². The second kappa shape index (κ2) is 5.65. The Morgan fingerprint density at radius 1 is 1.05 bits per heavy atom. The zero-order valence-electron chi connectivity index (χ0n) is 11.3. The van der Waals surface area contributed by atoms with Gasteiger partial charge in [0.25, 0.3) is 0 Å². The molecule has 0 fully saturated rings. The van der Waals surface area contributed by atoms with Crippen LogP contribution >= 0.6 is 0 Å². The number of halogens is 1. The van der Waals surface area contributed by atoms with Crippen molar-refractivity contribution in [2.75, 3.05) is 5.32 Å². The van der Waals surface area contributed by atoms with Crippen molar-refractivity contribution >= 4 is 22.8 Å². The van der Waals surface area contributed by atoms with Crippen LogP contribution in [0.5, 0.6) is 11.5 Å². The monoisotopic (exact) mass is 298 g/mol. The molecule has 0 saturated carbocycles. The molecular weight excluding hydrogens is 287 g/mol. The highest BCUT2D eigenvalue weighted by atomic mass is 19.1. The minimum atomic E-state index is -0.780. The molecule has 1 aromatic heterocycles. The molecule has 0 saturated heterocycles. The number of hydrogen-bond donors (Lipinski definition) is 2. The summed E-state index contributed by atoms with van der Waals surface area (Å²) in [6.45, 7) is 0. The van der Waals surface area contributed by atoms with E-state index in [1.54, 1.807) is 30.6 Å². The predicted molar refractivity (Wildman–Crippen MR) is 79.2 cm³/mol. The van der Waals surface area contributed by atoms with E-state index in [9.17, 15) is 9.18 Å². The number of urea groups is 1. The number of aromatic nitrogens is 2. The van der Waals surface area contributed by atoms with E-state index < -0.39 is 11.8 Å². The van der Waals surface area contributed by atoms with Crippen molar-refractivity contribution in [3.8, 4) is 11.5 Å². The van der Waals surface area contributed by atoms with Gasteiger partial charge in [-0.1, -0.05) is 0 Å². The van der Waals surface area contributed by atoms with Crippen molar-refractivity contribution in [1.29, 1.82) is 0 Å². The Morgan fingerprint density at radius 2 is 1.82 bits per heavy atom. The zero-order chi connectivity index (χ0) is 15.5. The average Bonchev–Trinajstić information content (AvgIpc) is 2.45. The van der Waals surface area contributed by atoms with Crippen LogP contribution in [0, 0.1) is 5.82 Å². The number of carbonyl (C=O) groups excluding carboxylic acids is 1. The lowest BCUT2D eigenvalue weighted by Crippen LogP contribution is -2.19. The maximum Gasteiger partial charge on any atom is 0.316 e. The first-order valence-corrected chi connectivity index (χ1v) is 6.36. The van der Waals surface area contributed by atoms with E-state index in [1.807, 2.05) is 0 Å². The molecule has 0 aliphatic rings. The molecule has 3 rings (SSSR count). The molecule has 3 aromatic rings. The van der Waals surface area contributed by atoms with Gasteiger partial charge in [-0.2, -0.15) is 0 Å². The first kappa shape index (κ1) is 13.7. The summed E-state index contributed by atoms with van der Waals surface area (Å²) in [6.07, 6.45) is 3.17. The summed E-state index contributed by atoms with van der Waals surface area (Å²) in [6, 6.07) is 8.17. The van der Waals surface area contributed by atoms with Gasteiger partial charge in [0.1, 0.15) is 17.3 Å². The lowest BCUT2D eigenvalue weighted by atomic mass is 10.2. The number of anilines is 1. The minimum Gasteiger partial charge on any atom is -0.457 e. The van der Waals surface area contributed by atoms with Gasteiger partial charge in [0.15, 0.2) is 0 Å². The van der Waals surface area contributed by atoms with Crippen LogP contribution in [0.3, 0.4) is 0 Å². The van der Waals surface area contributed by atoms with Gasteiger partial charge in [-0.25, -0.2) is 9.18 Å². The van der Waals surface area contributed by atoms with Gasteiger partial charge in [-0.05, 0) is 18.2 Å². The summed E-state index contributed by atoms with van der Waals surface area (Å²) in [5.41, 5.74) is 6.61. The summed E-state index contributed by atoms with van der Waals surface area (Å²) in [4.78, 5) is 19.1.